The fraction of sp³-hybridized carbons (Fsp3) is 0.222. The Labute approximate surface area is 129 Å². The molecule has 2 aromatic carbocycles. The molecule has 0 N–H and O–H groups in total. The van der Waals surface area contributed by atoms with E-state index in [1.165, 1.54) is 32.3 Å². The number of thiophene rings is 1. The van der Waals surface area contributed by atoms with Crippen molar-refractivity contribution < 1.29 is 0 Å². The van der Waals surface area contributed by atoms with E-state index in [1.54, 1.807) is 11.3 Å². The van der Waals surface area contributed by atoms with Crippen molar-refractivity contribution in [3.8, 4) is 0 Å². The first kappa shape index (κ1) is 13.7. The van der Waals surface area contributed by atoms with Crippen molar-refractivity contribution in [2.45, 2.75) is 25.6 Å². The largest absolute Gasteiger partial charge is 0.143 e. The van der Waals surface area contributed by atoms with E-state index in [9.17, 15) is 0 Å². The minimum atomic E-state index is 0.0339. The first-order chi connectivity index (χ1) is 9.65. The number of hydrogen-bond donors (Lipinski definition) is 0. The first-order valence-electron chi connectivity index (χ1n) is 6.81. The van der Waals surface area contributed by atoms with Crippen LogP contribution in [0, 0.1) is 13.8 Å². The number of aryl methyl sites for hydroxylation is 2. The lowest BCUT2D eigenvalue weighted by atomic mass is 9.98. The lowest BCUT2D eigenvalue weighted by molar-refractivity contribution is 0.920. The van der Waals surface area contributed by atoms with Gasteiger partial charge in [-0.25, -0.2) is 0 Å². The maximum absolute atomic E-state index is 6.69. The van der Waals surface area contributed by atoms with Gasteiger partial charge in [0.05, 0.1) is 5.38 Å². The van der Waals surface area contributed by atoms with E-state index in [0.717, 1.165) is 6.42 Å². The molecule has 1 aromatic heterocycles. The van der Waals surface area contributed by atoms with Crippen LogP contribution in [0.5, 0.6) is 0 Å². The zero-order valence-corrected chi connectivity index (χ0v) is 13.3. The molecule has 0 spiro atoms. The van der Waals surface area contributed by atoms with E-state index in [4.69, 9.17) is 11.6 Å². The van der Waals surface area contributed by atoms with Crippen molar-refractivity contribution in [2.75, 3.05) is 0 Å². The Hall–Kier alpha value is -1.31. The standard InChI is InChI=1S/C18H17ClS/c1-12-7-8-13(2)14(9-12)10-17(19)16-11-20-18-6-4-3-5-15(16)18/h3-9,11,17H,10H2,1-2H3. The molecule has 1 atom stereocenters. The molecule has 0 saturated heterocycles. The molecule has 0 nitrogen and oxygen atoms in total. The zero-order valence-electron chi connectivity index (χ0n) is 11.7. The van der Waals surface area contributed by atoms with Gasteiger partial charge in [-0.05, 0) is 53.8 Å². The number of benzene rings is 2. The molecular weight excluding hydrogens is 284 g/mol. The lowest BCUT2D eigenvalue weighted by Crippen LogP contribution is -1.98. The number of fused-ring (bicyclic) bond motifs is 1. The van der Waals surface area contributed by atoms with Crippen molar-refractivity contribution in [1.29, 1.82) is 0 Å². The molecule has 0 saturated carbocycles. The van der Waals surface area contributed by atoms with E-state index in [2.05, 4.69) is 61.7 Å². The summed E-state index contributed by atoms with van der Waals surface area (Å²) in [6.07, 6.45) is 0.885. The second-order valence-corrected chi connectivity index (χ2v) is 6.73. The van der Waals surface area contributed by atoms with Crippen molar-refractivity contribution in [3.63, 3.8) is 0 Å². The van der Waals surface area contributed by atoms with Gasteiger partial charge in [-0.15, -0.1) is 22.9 Å². The Bertz CT molecular complexity index is 742. The summed E-state index contributed by atoms with van der Waals surface area (Å²) in [5, 5.41) is 3.53. The molecular formula is C18H17ClS. The lowest BCUT2D eigenvalue weighted by Gasteiger charge is -2.12. The van der Waals surface area contributed by atoms with Crippen molar-refractivity contribution in [2.24, 2.45) is 0 Å². The number of halogens is 1. The van der Waals surface area contributed by atoms with Crippen LogP contribution in [-0.4, -0.2) is 0 Å². The zero-order chi connectivity index (χ0) is 14.1. The second-order valence-electron chi connectivity index (χ2n) is 5.29. The second kappa shape index (κ2) is 5.59. The molecule has 0 radical (unpaired) electrons. The Balaban J connectivity index is 1.93. The van der Waals surface area contributed by atoms with E-state index < -0.39 is 0 Å². The van der Waals surface area contributed by atoms with Gasteiger partial charge in [-0.2, -0.15) is 0 Å². The van der Waals surface area contributed by atoms with E-state index >= 15 is 0 Å². The summed E-state index contributed by atoms with van der Waals surface area (Å²) in [6, 6.07) is 15.1. The minimum Gasteiger partial charge on any atom is -0.143 e. The van der Waals surface area contributed by atoms with Gasteiger partial charge in [0.2, 0.25) is 0 Å². The molecule has 1 heterocycles. The van der Waals surface area contributed by atoms with Gasteiger partial charge in [0.25, 0.3) is 0 Å². The highest BCUT2D eigenvalue weighted by Crippen LogP contribution is 2.35. The predicted octanol–water partition coefficient (Wildman–Crippen LogP) is 6.04. The van der Waals surface area contributed by atoms with Gasteiger partial charge in [-0.3, -0.25) is 0 Å². The highest BCUT2D eigenvalue weighted by molar-refractivity contribution is 7.17. The summed E-state index contributed by atoms with van der Waals surface area (Å²) in [5.41, 5.74) is 5.22. The third-order valence-electron chi connectivity index (χ3n) is 3.75. The average molecular weight is 301 g/mol. The molecule has 20 heavy (non-hydrogen) atoms. The van der Waals surface area contributed by atoms with Gasteiger partial charge >= 0.3 is 0 Å². The molecule has 0 aliphatic rings. The smallest absolute Gasteiger partial charge is 0.0639 e. The van der Waals surface area contributed by atoms with Gasteiger partial charge in [0, 0.05) is 4.70 Å². The highest BCUT2D eigenvalue weighted by atomic mass is 35.5. The van der Waals surface area contributed by atoms with E-state index in [0.29, 0.717) is 0 Å². The van der Waals surface area contributed by atoms with Crippen molar-refractivity contribution in [3.05, 3.63) is 70.1 Å². The highest BCUT2D eigenvalue weighted by Gasteiger charge is 2.15. The molecule has 1 unspecified atom stereocenters. The van der Waals surface area contributed by atoms with Crippen LogP contribution in [0.4, 0.5) is 0 Å². The van der Waals surface area contributed by atoms with E-state index in [1.807, 2.05) is 0 Å². The van der Waals surface area contributed by atoms with Crippen LogP contribution in [0.3, 0.4) is 0 Å². The van der Waals surface area contributed by atoms with Crippen LogP contribution in [0.1, 0.15) is 27.6 Å². The van der Waals surface area contributed by atoms with Crippen LogP contribution in [0.25, 0.3) is 10.1 Å². The maximum Gasteiger partial charge on any atom is 0.0639 e. The Kier molecular flexibility index (Phi) is 3.82. The molecule has 3 rings (SSSR count). The number of rotatable bonds is 3. The summed E-state index contributed by atoms with van der Waals surface area (Å²) >= 11 is 8.47. The van der Waals surface area contributed by atoms with Gasteiger partial charge in [-0.1, -0.05) is 42.0 Å². The summed E-state index contributed by atoms with van der Waals surface area (Å²) < 4.78 is 1.31. The molecule has 0 fully saturated rings. The van der Waals surface area contributed by atoms with Gasteiger partial charge in [0.15, 0.2) is 0 Å². The summed E-state index contributed by atoms with van der Waals surface area (Å²) in [5.74, 6) is 0. The topological polar surface area (TPSA) is 0 Å². The average Bonchev–Trinajstić information content (AvgIpc) is 2.87. The van der Waals surface area contributed by atoms with E-state index in [-0.39, 0.29) is 5.38 Å². The molecule has 3 aromatic rings. The Morgan fingerprint density at radius 1 is 1.10 bits per heavy atom. The maximum atomic E-state index is 6.69. The first-order valence-corrected chi connectivity index (χ1v) is 8.13. The van der Waals surface area contributed by atoms with Crippen LogP contribution in [0.2, 0.25) is 0 Å². The van der Waals surface area contributed by atoms with Crippen LogP contribution < -0.4 is 0 Å². The minimum absolute atomic E-state index is 0.0339. The molecule has 0 amide bonds. The van der Waals surface area contributed by atoms with Crippen LogP contribution in [-0.2, 0) is 6.42 Å². The van der Waals surface area contributed by atoms with Crippen LogP contribution in [0.15, 0.2) is 47.8 Å². The Morgan fingerprint density at radius 2 is 1.90 bits per heavy atom. The predicted molar refractivity (Wildman–Crippen MR) is 90.0 cm³/mol. The number of hydrogen-bond acceptors (Lipinski definition) is 1. The number of alkyl halides is 1. The third kappa shape index (κ3) is 2.61. The summed E-state index contributed by atoms with van der Waals surface area (Å²) in [6.45, 7) is 4.29. The molecule has 0 aliphatic carbocycles. The summed E-state index contributed by atoms with van der Waals surface area (Å²) in [7, 11) is 0. The quantitative estimate of drug-likeness (QED) is 0.517. The van der Waals surface area contributed by atoms with Crippen LogP contribution >= 0.6 is 22.9 Å². The van der Waals surface area contributed by atoms with Gasteiger partial charge < -0.3 is 0 Å². The fourth-order valence-electron chi connectivity index (χ4n) is 2.56. The molecule has 0 aliphatic heterocycles. The fourth-order valence-corrected chi connectivity index (χ4v) is 4.00. The van der Waals surface area contributed by atoms with Crippen molar-refractivity contribution in [1.82, 2.24) is 0 Å². The summed E-state index contributed by atoms with van der Waals surface area (Å²) in [4.78, 5) is 0. The van der Waals surface area contributed by atoms with Crippen molar-refractivity contribution >= 4 is 33.0 Å². The third-order valence-corrected chi connectivity index (χ3v) is 5.12. The molecule has 2 heteroatoms. The normalized spacial score (nSPS) is 12.8. The molecule has 102 valence electrons. The molecule has 0 bridgehead atoms. The van der Waals surface area contributed by atoms with Gasteiger partial charge in [0.1, 0.15) is 0 Å². The Morgan fingerprint density at radius 3 is 2.75 bits per heavy atom. The SMILES string of the molecule is Cc1ccc(C)c(CC(Cl)c2csc3ccccc23)c1. The monoisotopic (exact) mass is 300 g/mol.